The van der Waals surface area contributed by atoms with Crippen molar-refractivity contribution >= 4 is 27.7 Å². The number of Topliss-reactive ketones (excluding diaryl/α,β-unsaturated/α-hetero) is 1. The zero-order valence-corrected chi connectivity index (χ0v) is 9.51. The number of hydrogen-bond acceptors (Lipinski definition) is 3. The molecule has 1 rings (SSSR count). The van der Waals surface area contributed by atoms with Gasteiger partial charge in [-0.05, 0) is 12.1 Å². The molecule has 15 heavy (non-hydrogen) atoms. The van der Waals surface area contributed by atoms with E-state index >= 15 is 0 Å². The number of benzene rings is 1. The molecule has 0 atom stereocenters. The Bertz CT molecular complexity index is 383. The van der Waals surface area contributed by atoms with Crippen molar-refractivity contribution in [2.75, 3.05) is 7.11 Å². The molecule has 0 N–H and O–H groups in total. The summed E-state index contributed by atoms with van der Waals surface area (Å²) in [5.74, 6) is -2.27. The molecule has 0 unspecified atom stereocenters. The molecule has 0 bridgehead atoms. The van der Waals surface area contributed by atoms with Crippen LogP contribution in [0.5, 0.6) is 0 Å². The third-order valence-electron chi connectivity index (χ3n) is 1.81. The molecule has 0 aliphatic heterocycles. The van der Waals surface area contributed by atoms with Gasteiger partial charge in [0.15, 0.2) is 0 Å². The van der Waals surface area contributed by atoms with Gasteiger partial charge in [-0.1, -0.05) is 22.0 Å². The van der Waals surface area contributed by atoms with Crippen molar-refractivity contribution < 1.29 is 18.7 Å². The lowest BCUT2D eigenvalue weighted by molar-refractivity contribution is -0.151. The number of hydrogen-bond donors (Lipinski definition) is 0. The van der Waals surface area contributed by atoms with Crippen molar-refractivity contribution in [3.63, 3.8) is 0 Å². The molecule has 5 heteroatoms. The summed E-state index contributed by atoms with van der Waals surface area (Å²) < 4.78 is 17.9. The third-order valence-corrected chi connectivity index (χ3v) is 2.56. The number of rotatable bonds is 3. The molecule has 1 aromatic carbocycles. The number of ketones is 1. The van der Waals surface area contributed by atoms with E-state index in [0.29, 0.717) is 4.47 Å². The molecule has 0 saturated carbocycles. The molecular weight excluding hydrogens is 267 g/mol. The van der Waals surface area contributed by atoms with Crippen LogP contribution in [0.2, 0.25) is 0 Å². The number of carbonyl (C=O) groups is 2. The van der Waals surface area contributed by atoms with Crippen LogP contribution >= 0.6 is 15.9 Å². The fourth-order valence-corrected chi connectivity index (χ4v) is 1.53. The summed E-state index contributed by atoms with van der Waals surface area (Å²) in [5, 5.41) is 0. The lowest BCUT2D eigenvalue weighted by atomic mass is 10.1. The molecule has 1 aromatic rings. The first kappa shape index (κ1) is 11.8. The molecular formula is C10H8BrFO3. The molecule has 0 aliphatic rings. The zero-order chi connectivity index (χ0) is 11.4. The van der Waals surface area contributed by atoms with Crippen LogP contribution in [-0.4, -0.2) is 18.9 Å². The Hall–Kier alpha value is -1.23. The van der Waals surface area contributed by atoms with Crippen molar-refractivity contribution in [3.8, 4) is 0 Å². The van der Waals surface area contributed by atoms with E-state index < -0.39 is 17.6 Å². The van der Waals surface area contributed by atoms with E-state index in [1.54, 1.807) is 6.07 Å². The van der Waals surface area contributed by atoms with E-state index in [9.17, 15) is 14.0 Å². The Kier molecular flexibility index (Phi) is 3.96. The largest absolute Gasteiger partial charge is 0.463 e. The van der Waals surface area contributed by atoms with Gasteiger partial charge in [0, 0.05) is 16.5 Å². The van der Waals surface area contributed by atoms with E-state index in [-0.39, 0.29) is 12.0 Å². The first-order valence-electron chi connectivity index (χ1n) is 4.10. The Morgan fingerprint density at radius 1 is 1.47 bits per heavy atom. The van der Waals surface area contributed by atoms with Gasteiger partial charge in [0.05, 0.1) is 7.11 Å². The van der Waals surface area contributed by atoms with Crippen LogP contribution in [0.4, 0.5) is 4.39 Å². The number of esters is 1. The minimum atomic E-state index is -0.967. The van der Waals surface area contributed by atoms with E-state index in [1.807, 2.05) is 0 Å². The van der Waals surface area contributed by atoms with Crippen molar-refractivity contribution in [3.05, 3.63) is 34.1 Å². The quantitative estimate of drug-likeness (QED) is 0.624. The van der Waals surface area contributed by atoms with Crippen LogP contribution < -0.4 is 0 Å². The van der Waals surface area contributed by atoms with Gasteiger partial charge in [-0.25, -0.2) is 9.18 Å². The van der Waals surface area contributed by atoms with Gasteiger partial charge in [-0.2, -0.15) is 0 Å². The molecule has 0 radical (unpaired) electrons. The van der Waals surface area contributed by atoms with Crippen LogP contribution in [0.1, 0.15) is 5.56 Å². The first-order chi connectivity index (χ1) is 7.06. The molecule has 0 fully saturated rings. The molecule has 0 aliphatic carbocycles. The van der Waals surface area contributed by atoms with E-state index in [4.69, 9.17) is 0 Å². The van der Waals surface area contributed by atoms with E-state index in [1.165, 1.54) is 12.1 Å². The Morgan fingerprint density at radius 3 is 2.67 bits per heavy atom. The minimum Gasteiger partial charge on any atom is -0.463 e. The molecule has 0 spiro atoms. The van der Waals surface area contributed by atoms with E-state index in [2.05, 4.69) is 20.7 Å². The van der Waals surface area contributed by atoms with Gasteiger partial charge >= 0.3 is 5.97 Å². The highest BCUT2D eigenvalue weighted by atomic mass is 79.9. The summed E-state index contributed by atoms with van der Waals surface area (Å²) in [6.07, 6.45) is -0.306. The summed E-state index contributed by atoms with van der Waals surface area (Å²) in [4.78, 5) is 22.0. The van der Waals surface area contributed by atoms with Gasteiger partial charge < -0.3 is 4.74 Å². The maximum atomic E-state index is 13.2. The van der Waals surface area contributed by atoms with Crippen molar-refractivity contribution in [1.82, 2.24) is 0 Å². The maximum absolute atomic E-state index is 13.2. The van der Waals surface area contributed by atoms with Crippen LogP contribution in [-0.2, 0) is 20.7 Å². The predicted octanol–water partition coefficient (Wildman–Crippen LogP) is 1.87. The topological polar surface area (TPSA) is 43.4 Å². The lowest BCUT2D eigenvalue weighted by Crippen LogP contribution is -2.18. The van der Waals surface area contributed by atoms with Gasteiger partial charge in [0.25, 0.3) is 0 Å². The summed E-state index contributed by atoms with van der Waals surface area (Å²) >= 11 is 3.10. The van der Waals surface area contributed by atoms with Gasteiger partial charge in [0.2, 0.25) is 5.78 Å². The SMILES string of the molecule is COC(=O)C(=O)Cc1c(F)cccc1Br. The molecule has 80 valence electrons. The van der Waals surface area contributed by atoms with Crippen LogP contribution in [0.25, 0.3) is 0 Å². The molecule has 0 aromatic heterocycles. The predicted molar refractivity (Wildman–Crippen MR) is 54.8 cm³/mol. The number of methoxy groups -OCH3 is 1. The molecule has 0 amide bonds. The first-order valence-corrected chi connectivity index (χ1v) is 4.89. The second kappa shape index (κ2) is 5.02. The zero-order valence-electron chi connectivity index (χ0n) is 7.92. The third kappa shape index (κ3) is 2.86. The van der Waals surface area contributed by atoms with Crippen molar-refractivity contribution in [2.24, 2.45) is 0 Å². The maximum Gasteiger partial charge on any atom is 0.374 e. The average molecular weight is 275 g/mol. The average Bonchev–Trinajstić information content (AvgIpc) is 2.22. The molecule has 0 heterocycles. The van der Waals surface area contributed by atoms with E-state index in [0.717, 1.165) is 7.11 Å². The van der Waals surface area contributed by atoms with Crippen molar-refractivity contribution in [2.45, 2.75) is 6.42 Å². The second-order valence-electron chi connectivity index (χ2n) is 2.79. The highest BCUT2D eigenvalue weighted by Gasteiger charge is 2.18. The van der Waals surface area contributed by atoms with Crippen molar-refractivity contribution in [1.29, 1.82) is 0 Å². The Balaban J connectivity index is 2.90. The summed E-state index contributed by atoms with van der Waals surface area (Å²) in [6.45, 7) is 0. The highest BCUT2D eigenvalue weighted by Crippen LogP contribution is 2.20. The highest BCUT2D eigenvalue weighted by molar-refractivity contribution is 9.10. The van der Waals surface area contributed by atoms with Crippen LogP contribution in [0.3, 0.4) is 0 Å². The minimum absolute atomic E-state index is 0.160. The summed E-state index contributed by atoms with van der Waals surface area (Å²) in [7, 11) is 1.11. The lowest BCUT2D eigenvalue weighted by Gasteiger charge is -2.03. The number of carbonyl (C=O) groups excluding carboxylic acids is 2. The van der Waals surface area contributed by atoms with Crippen LogP contribution in [0.15, 0.2) is 22.7 Å². The summed E-state index contributed by atoms with van der Waals surface area (Å²) in [5.41, 5.74) is 0.160. The Morgan fingerprint density at radius 2 is 2.13 bits per heavy atom. The van der Waals surface area contributed by atoms with Crippen LogP contribution in [0, 0.1) is 5.82 Å². The monoisotopic (exact) mass is 274 g/mol. The summed E-state index contributed by atoms with van der Waals surface area (Å²) in [6, 6.07) is 4.33. The second-order valence-corrected chi connectivity index (χ2v) is 3.65. The molecule has 0 saturated heterocycles. The number of ether oxygens (including phenoxy) is 1. The fraction of sp³-hybridized carbons (Fsp3) is 0.200. The number of halogens is 2. The normalized spacial score (nSPS) is 9.80. The van der Waals surface area contributed by atoms with Gasteiger partial charge in [0.1, 0.15) is 5.82 Å². The standard InChI is InChI=1S/C10H8BrFO3/c1-15-10(14)9(13)5-6-7(11)3-2-4-8(6)12/h2-4H,5H2,1H3. The molecule has 3 nitrogen and oxygen atoms in total. The fourth-order valence-electron chi connectivity index (χ4n) is 1.05. The smallest absolute Gasteiger partial charge is 0.374 e. The van der Waals surface area contributed by atoms with Gasteiger partial charge in [-0.15, -0.1) is 0 Å². The Labute approximate surface area is 94.4 Å². The van der Waals surface area contributed by atoms with Gasteiger partial charge in [-0.3, -0.25) is 4.79 Å².